The molecule has 0 aromatic heterocycles. The highest BCUT2D eigenvalue weighted by Gasteiger charge is 2.07. The van der Waals surface area contributed by atoms with Gasteiger partial charge in [-0.25, -0.2) is 4.39 Å². The Morgan fingerprint density at radius 1 is 1.45 bits per heavy atom. The Hall–Kier alpha value is -1.65. The van der Waals surface area contributed by atoms with Gasteiger partial charge in [0.1, 0.15) is 5.82 Å². The van der Waals surface area contributed by atoms with E-state index in [4.69, 9.17) is 0 Å². The Morgan fingerprint density at radius 2 is 2.09 bits per heavy atom. The molecule has 4 nitrogen and oxygen atoms in total. The van der Waals surface area contributed by atoms with Crippen molar-refractivity contribution in [1.29, 1.82) is 0 Å². The molecule has 0 N–H and O–H groups in total. The molecule has 0 atom stereocenters. The Labute approximate surface area is 61.0 Å². The maximum atomic E-state index is 12.3. The van der Waals surface area contributed by atoms with Gasteiger partial charge in [-0.1, -0.05) is 6.07 Å². The lowest BCUT2D eigenvalue weighted by atomic mass is 10.3. The van der Waals surface area contributed by atoms with E-state index in [9.17, 15) is 19.6 Å². The number of hydrogen-bond acceptors (Lipinski definition) is 3. The summed E-state index contributed by atoms with van der Waals surface area (Å²) in [4.78, 5) is 9.10. The van der Waals surface area contributed by atoms with Gasteiger partial charge in [0.2, 0.25) is 0 Å². The zero-order chi connectivity index (χ0) is 8.43. The fraction of sp³-hybridized carbons (Fsp3) is 0. The summed E-state index contributed by atoms with van der Waals surface area (Å²) in [5, 5.41) is 20.6. The fourth-order valence-corrected chi connectivity index (χ4v) is 0.641. The standard InChI is InChI=1S/C6H4FNO3/c7-4-2-1-3-5(6(4)9)8(10)11/h1-3,9H/p-1. The number of halogens is 1. The molecule has 0 fully saturated rings. The van der Waals surface area contributed by atoms with E-state index in [1.165, 1.54) is 0 Å². The van der Waals surface area contributed by atoms with Gasteiger partial charge in [0.15, 0.2) is 0 Å². The zero-order valence-corrected chi connectivity index (χ0v) is 5.28. The smallest absolute Gasteiger partial charge is 0.264 e. The van der Waals surface area contributed by atoms with Crippen molar-refractivity contribution in [2.45, 2.75) is 0 Å². The molecule has 0 radical (unpaired) electrons. The summed E-state index contributed by atoms with van der Waals surface area (Å²) in [6, 6.07) is 2.97. The molecule has 0 saturated carbocycles. The summed E-state index contributed by atoms with van der Waals surface area (Å²) in [5.74, 6) is -2.27. The Morgan fingerprint density at radius 3 is 2.55 bits per heavy atom. The van der Waals surface area contributed by atoms with E-state index >= 15 is 0 Å². The summed E-state index contributed by atoms with van der Waals surface area (Å²) < 4.78 is 12.3. The summed E-state index contributed by atoms with van der Waals surface area (Å²) in [6.45, 7) is 0. The molecule has 5 heteroatoms. The lowest BCUT2D eigenvalue weighted by Gasteiger charge is -2.05. The molecule has 0 saturated heterocycles. The normalized spacial score (nSPS) is 9.55. The quantitative estimate of drug-likeness (QED) is 0.446. The number of benzene rings is 1. The van der Waals surface area contributed by atoms with Gasteiger partial charge in [0.05, 0.1) is 4.92 Å². The summed E-state index contributed by atoms with van der Waals surface area (Å²) in [5.41, 5.74) is -0.731. The SMILES string of the molecule is O=[N+]([O-])c1cccc(F)c1[O-]. The monoisotopic (exact) mass is 156 g/mol. The van der Waals surface area contributed by atoms with Gasteiger partial charge in [-0.3, -0.25) is 10.1 Å². The Bertz CT molecular complexity index is 300. The van der Waals surface area contributed by atoms with Crippen LogP contribution in [0, 0.1) is 15.9 Å². The molecule has 0 aliphatic rings. The van der Waals surface area contributed by atoms with Crippen LogP contribution in [0.15, 0.2) is 18.2 Å². The number of rotatable bonds is 1. The van der Waals surface area contributed by atoms with E-state index in [0.717, 1.165) is 18.2 Å². The number of hydrogen-bond donors (Lipinski definition) is 0. The minimum absolute atomic E-state index is 0.731. The molecule has 0 aliphatic heterocycles. The lowest BCUT2D eigenvalue weighted by Crippen LogP contribution is -1.99. The van der Waals surface area contributed by atoms with E-state index in [2.05, 4.69) is 0 Å². The molecule has 0 heterocycles. The number of para-hydroxylation sites is 1. The second-order valence-corrected chi connectivity index (χ2v) is 1.85. The molecule has 58 valence electrons. The minimum Gasteiger partial charge on any atom is -0.866 e. The minimum atomic E-state index is -1.17. The van der Waals surface area contributed by atoms with Gasteiger partial charge < -0.3 is 5.11 Å². The summed E-state index contributed by atoms with van der Waals surface area (Å²) in [7, 11) is 0. The second kappa shape index (κ2) is 2.53. The fourth-order valence-electron chi connectivity index (χ4n) is 0.641. The molecular formula is C6H3FNO3-. The first-order valence-electron chi connectivity index (χ1n) is 2.73. The van der Waals surface area contributed by atoms with Crippen LogP contribution in [0.4, 0.5) is 10.1 Å². The average Bonchev–Trinajstić information content (AvgIpc) is 1.94. The van der Waals surface area contributed by atoms with Crippen molar-refractivity contribution in [3.8, 4) is 5.75 Å². The first-order chi connectivity index (χ1) is 5.13. The molecular weight excluding hydrogens is 153 g/mol. The van der Waals surface area contributed by atoms with Crippen LogP contribution in [-0.4, -0.2) is 4.92 Å². The van der Waals surface area contributed by atoms with Crippen LogP contribution in [0.3, 0.4) is 0 Å². The van der Waals surface area contributed by atoms with Gasteiger partial charge in [0, 0.05) is 11.8 Å². The molecule has 0 bridgehead atoms. The topological polar surface area (TPSA) is 66.2 Å². The van der Waals surface area contributed by atoms with Gasteiger partial charge in [-0.2, -0.15) is 0 Å². The van der Waals surface area contributed by atoms with Crippen molar-refractivity contribution in [3.63, 3.8) is 0 Å². The molecule has 1 aromatic carbocycles. The summed E-state index contributed by atoms with van der Waals surface area (Å²) >= 11 is 0. The van der Waals surface area contributed by atoms with Crippen LogP contribution >= 0.6 is 0 Å². The third-order valence-electron chi connectivity index (χ3n) is 1.14. The third-order valence-corrected chi connectivity index (χ3v) is 1.14. The van der Waals surface area contributed by atoms with Gasteiger partial charge >= 0.3 is 0 Å². The Balaban J connectivity index is 3.27. The second-order valence-electron chi connectivity index (χ2n) is 1.85. The van der Waals surface area contributed by atoms with Crippen molar-refractivity contribution in [2.75, 3.05) is 0 Å². The van der Waals surface area contributed by atoms with Crippen LogP contribution in [0.1, 0.15) is 0 Å². The van der Waals surface area contributed by atoms with Crippen molar-refractivity contribution in [1.82, 2.24) is 0 Å². The van der Waals surface area contributed by atoms with E-state index < -0.39 is 22.2 Å². The predicted molar refractivity (Wildman–Crippen MR) is 32.5 cm³/mol. The van der Waals surface area contributed by atoms with Crippen molar-refractivity contribution < 1.29 is 14.4 Å². The lowest BCUT2D eigenvalue weighted by molar-refractivity contribution is -0.399. The highest BCUT2D eigenvalue weighted by molar-refractivity contribution is 5.44. The van der Waals surface area contributed by atoms with Crippen molar-refractivity contribution in [3.05, 3.63) is 34.1 Å². The van der Waals surface area contributed by atoms with Crippen LogP contribution < -0.4 is 5.11 Å². The molecule has 1 rings (SSSR count). The molecule has 0 aliphatic carbocycles. The van der Waals surface area contributed by atoms with Crippen molar-refractivity contribution in [2.24, 2.45) is 0 Å². The van der Waals surface area contributed by atoms with E-state index in [1.54, 1.807) is 0 Å². The van der Waals surface area contributed by atoms with Crippen molar-refractivity contribution >= 4 is 5.69 Å². The van der Waals surface area contributed by atoms with E-state index in [1.807, 2.05) is 0 Å². The van der Waals surface area contributed by atoms with Gasteiger partial charge in [-0.05, 0) is 6.07 Å². The van der Waals surface area contributed by atoms with E-state index in [-0.39, 0.29) is 0 Å². The van der Waals surface area contributed by atoms with Crippen LogP contribution in [0.2, 0.25) is 0 Å². The first kappa shape index (κ1) is 7.46. The zero-order valence-electron chi connectivity index (χ0n) is 5.28. The highest BCUT2D eigenvalue weighted by Crippen LogP contribution is 2.24. The van der Waals surface area contributed by atoms with Gasteiger partial charge in [-0.15, -0.1) is 0 Å². The molecule has 0 unspecified atom stereocenters. The average molecular weight is 156 g/mol. The van der Waals surface area contributed by atoms with Crippen LogP contribution in [0.25, 0.3) is 0 Å². The summed E-state index contributed by atoms with van der Waals surface area (Å²) in [6.07, 6.45) is 0. The van der Waals surface area contributed by atoms with Crippen LogP contribution in [-0.2, 0) is 0 Å². The predicted octanol–water partition coefficient (Wildman–Crippen LogP) is 0.807. The van der Waals surface area contributed by atoms with Crippen LogP contribution in [0.5, 0.6) is 5.75 Å². The number of nitro benzene ring substituents is 1. The molecule has 11 heavy (non-hydrogen) atoms. The molecule has 0 spiro atoms. The third kappa shape index (κ3) is 1.26. The maximum Gasteiger partial charge on any atom is 0.264 e. The van der Waals surface area contributed by atoms with Gasteiger partial charge in [0.25, 0.3) is 5.69 Å². The highest BCUT2D eigenvalue weighted by atomic mass is 19.1. The largest absolute Gasteiger partial charge is 0.866 e. The first-order valence-corrected chi connectivity index (χ1v) is 2.73. The number of nitro groups is 1. The maximum absolute atomic E-state index is 12.3. The number of nitrogens with zero attached hydrogens (tertiary/aromatic N) is 1. The molecule has 0 amide bonds. The van der Waals surface area contributed by atoms with E-state index in [0.29, 0.717) is 0 Å². The molecule has 1 aromatic rings. The Kier molecular flexibility index (Phi) is 1.72.